The maximum atomic E-state index is 9.09. The van der Waals surface area contributed by atoms with Gasteiger partial charge in [-0.05, 0) is 56.9 Å². The quantitative estimate of drug-likeness (QED) is 0.881. The molecule has 1 N–H and O–H groups in total. The van der Waals surface area contributed by atoms with E-state index in [9.17, 15) is 0 Å². The molecule has 122 valence electrons. The van der Waals surface area contributed by atoms with Crippen molar-refractivity contribution in [3.05, 3.63) is 70.1 Å². The van der Waals surface area contributed by atoms with Crippen molar-refractivity contribution in [2.75, 3.05) is 13.2 Å². The number of ether oxygens (including phenoxy) is 1. The van der Waals surface area contributed by atoms with E-state index in [1.54, 1.807) is 0 Å². The second-order valence-corrected chi connectivity index (χ2v) is 6.38. The van der Waals surface area contributed by atoms with Crippen LogP contribution in [0.25, 0.3) is 0 Å². The van der Waals surface area contributed by atoms with Crippen LogP contribution in [0.1, 0.15) is 51.8 Å². The molecule has 0 aromatic heterocycles. The molecule has 2 heteroatoms. The van der Waals surface area contributed by atoms with Crippen molar-refractivity contribution in [2.45, 2.75) is 40.5 Å². The lowest BCUT2D eigenvalue weighted by Crippen LogP contribution is -2.09. The third-order valence-electron chi connectivity index (χ3n) is 4.28. The molecule has 23 heavy (non-hydrogen) atoms. The lowest BCUT2D eigenvalue weighted by Gasteiger charge is -2.22. The molecule has 0 bridgehead atoms. The van der Waals surface area contributed by atoms with E-state index in [1.165, 1.54) is 11.1 Å². The highest BCUT2D eigenvalue weighted by Crippen LogP contribution is 2.37. The zero-order valence-electron chi connectivity index (χ0n) is 14.7. The number of aliphatic hydroxyl groups excluding tert-OH is 1. The maximum absolute atomic E-state index is 9.09. The highest BCUT2D eigenvalue weighted by atomic mass is 16.5. The van der Waals surface area contributed by atoms with Crippen molar-refractivity contribution >= 4 is 0 Å². The van der Waals surface area contributed by atoms with Gasteiger partial charge in [-0.2, -0.15) is 0 Å². The first-order valence-corrected chi connectivity index (χ1v) is 8.06. The van der Waals surface area contributed by atoms with E-state index in [2.05, 4.69) is 45.0 Å². The van der Waals surface area contributed by atoms with Gasteiger partial charge in [0.2, 0.25) is 0 Å². The van der Waals surface area contributed by atoms with Crippen LogP contribution in [0, 0.1) is 34.6 Å². The van der Waals surface area contributed by atoms with Crippen molar-refractivity contribution in [3.8, 4) is 5.75 Å². The molecule has 0 aliphatic heterocycles. The standard InChI is InChI=1S/C21H26O2/c1-13-9-15(3)17(5)19(11-13)18(6)20-12-14(2)10-16(4)21(20)23-8-7-22/h5,9-12,18,22H,7-8H2,1-4,6H3. The summed E-state index contributed by atoms with van der Waals surface area (Å²) in [6.45, 7) is 17.1. The largest absolute Gasteiger partial charge is 0.491 e. The number of hydrogen-bond donors (Lipinski definition) is 1. The van der Waals surface area contributed by atoms with Crippen LogP contribution in [-0.2, 0) is 0 Å². The first-order chi connectivity index (χ1) is 10.8. The van der Waals surface area contributed by atoms with Gasteiger partial charge in [0.1, 0.15) is 12.4 Å². The summed E-state index contributed by atoms with van der Waals surface area (Å²) < 4.78 is 5.82. The Hall–Kier alpha value is -1.80. The van der Waals surface area contributed by atoms with E-state index in [4.69, 9.17) is 16.8 Å². The molecule has 2 aromatic carbocycles. The van der Waals surface area contributed by atoms with Crippen LogP contribution in [-0.4, -0.2) is 18.3 Å². The molecule has 0 fully saturated rings. The molecule has 2 aromatic rings. The molecule has 2 nitrogen and oxygen atoms in total. The molecule has 1 atom stereocenters. The lowest BCUT2D eigenvalue weighted by molar-refractivity contribution is 0.199. The highest BCUT2D eigenvalue weighted by Gasteiger charge is 2.19. The Balaban J connectivity index is 2.56. The van der Waals surface area contributed by atoms with Gasteiger partial charge in [0.25, 0.3) is 0 Å². The molecule has 2 radical (unpaired) electrons. The summed E-state index contributed by atoms with van der Waals surface area (Å²) in [6, 6.07) is 8.52. The van der Waals surface area contributed by atoms with Crippen molar-refractivity contribution in [2.24, 2.45) is 0 Å². The maximum Gasteiger partial charge on any atom is 0.126 e. The first kappa shape index (κ1) is 17.6. The summed E-state index contributed by atoms with van der Waals surface area (Å²) in [7, 11) is 0. The van der Waals surface area contributed by atoms with E-state index < -0.39 is 0 Å². The Morgan fingerprint density at radius 3 is 2.13 bits per heavy atom. The first-order valence-electron chi connectivity index (χ1n) is 8.06. The fraction of sp³-hybridized carbons (Fsp3) is 0.381. The Labute approximate surface area is 140 Å². The Morgan fingerprint density at radius 2 is 1.52 bits per heavy atom. The van der Waals surface area contributed by atoms with E-state index >= 15 is 0 Å². The van der Waals surface area contributed by atoms with Crippen LogP contribution >= 0.6 is 0 Å². The van der Waals surface area contributed by atoms with Gasteiger partial charge in [-0.3, -0.25) is 0 Å². The van der Waals surface area contributed by atoms with E-state index in [0.29, 0.717) is 6.61 Å². The molecule has 2 rings (SSSR count). The molecular weight excluding hydrogens is 284 g/mol. The van der Waals surface area contributed by atoms with Crippen LogP contribution in [0.3, 0.4) is 0 Å². The topological polar surface area (TPSA) is 29.5 Å². The minimum absolute atomic E-state index is 0.00678. The Kier molecular flexibility index (Phi) is 5.48. The summed E-state index contributed by atoms with van der Waals surface area (Å²) in [5.74, 6) is 0.983. The van der Waals surface area contributed by atoms with Crippen LogP contribution in [0.2, 0.25) is 0 Å². The molecule has 0 saturated carbocycles. The van der Waals surface area contributed by atoms with Crippen LogP contribution in [0.15, 0.2) is 24.3 Å². The molecular formula is C21H26O2. The fourth-order valence-electron chi connectivity index (χ4n) is 3.19. The third-order valence-corrected chi connectivity index (χ3v) is 4.28. The van der Waals surface area contributed by atoms with E-state index in [1.807, 2.05) is 13.8 Å². The van der Waals surface area contributed by atoms with E-state index in [-0.39, 0.29) is 12.5 Å². The average molecular weight is 310 g/mol. The third kappa shape index (κ3) is 3.76. The molecule has 0 saturated heterocycles. The monoisotopic (exact) mass is 310 g/mol. The minimum atomic E-state index is 0.00678. The second kappa shape index (κ2) is 7.18. The van der Waals surface area contributed by atoms with Gasteiger partial charge >= 0.3 is 0 Å². The van der Waals surface area contributed by atoms with Gasteiger partial charge in [0.15, 0.2) is 0 Å². The number of benzene rings is 2. The lowest BCUT2D eigenvalue weighted by atomic mass is 9.85. The van der Waals surface area contributed by atoms with Gasteiger partial charge in [0, 0.05) is 11.5 Å². The van der Waals surface area contributed by atoms with Crippen molar-refractivity contribution in [1.82, 2.24) is 0 Å². The summed E-state index contributed by atoms with van der Waals surface area (Å²) in [4.78, 5) is 0. The molecule has 0 amide bonds. The second-order valence-electron chi connectivity index (χ2n) is 6.38. The fourth-order valence-corrected chi connectivity index (χ4v) is 3.19. The molecule has 1 unspecified atom stereocenters. The number of aryl methyl sites for hydroxylation is 4. The zero-order valence-corrected chi connectivity index (χ0v) is 14.7. The summed E-state index contributed by atoms with van der Waals surface area (Å²) in [5, 5.41) is 9.09. The van der Waals surface area contributed by atoms with Gasteiger partial charge in [-0.1, -0.05) is 42.3 Å². The molecule has 0 aliphatic rings. The van der Waals surface area contributed by atoms with Gasteiger partial charge in [-0.15, -0.1) is 0 Å². The van der Waals surface area contributed by atoms with Gasteiger partial charge in [-0.25, -0.2) is 0 Å². The van der Waals surface area contributed by atoms with Crippen molar-refractivity contribution in [3.63, 3.8) is 0 Å². The Bertz CT molecular complexity index is 701. The Morgan fingerprint density at radius 1 is 0.957 bits per heavy atom. The van der Waals surface area contributed by atoms with Crippen molar-refractivity contribution in [1.29, 1.82) is 0 Å². The number of hydrogen-bond acceptors (Lipinski definition) is 2. The van der Waals surface area contributed by atoms with Gasteiger partial charge in [0.05, 0.1) is 6.61 Å². The molecule has 0 heterocycles. The average Bonchev–Trinajstić information content (AvgIpc) is 2.48. The molecule has 0 aliphatic carbocycles. The highest BCUT2D eigenvalue weighted by molar-refractivity contribution is 5.52. The predicted octanol–water partition coefficient (Wildman–Crippen LogP) is 4.50. The SMILES string of the molecule is [CH]c1c(C)cc(C)cc1C(C)c1cc(C)cc(C)c1OCCO. The van der Waals surface area contributed by atoms with Crippen LogP contribution < -0.4 is 4.74 Å². The normalized spacial score (nSPS) is 12.3. The van der Waals surface area contributed by atoms with Crippen LogP contribution in [0.5, 0.6) is 5.75 Å². The van der Waals surface area contributed by atoms with Crippen LogP contribution in [0.4, 0.5) is 0 Å². The predicted molar refractivity (Wildman–Crippen MR) is 95.3 cm³/mol. The zero-order chi connectivity index (χ0) is 17.1. The minimum Gasteiger partial charge on any atom is -0.491 e. The summed E-state index contributed by atoms with van der Waals surface area (Å²) >= 11 is 0. The smallest absolute Gasteiger partial charge is 0.126 e. The van der Waals surface area contributed by atoms with Crippen molar-refractivity contribution < 1.29 is 9.84 Å². The van der Waals surface area contributed by atoms with Gasteiger partial charge < -0.3 is 9.84 Å². The molecule has 0 spiro atoms. The number of rotatable bonds is 5. The summed E-state index contributed by atoms with van der Waals surface area (Å²) in [5.41, 5.74) is 7.69. The van der Waals surface area contributed by atoms with E-state index in [0.717, 1.165) is 33.6 Å². The summed E-state index contributed by atoms with van der Waals surface area (Å²) in [6.07, 6.45) is 0. The number of aliphatic hydroxyl groups is 1.